The smallest absolute Gasteiger partial charge is 0.333 e. The first-order chi connectivity index (χ1) is 18.1. The first-order valence-electron chi connectivity index (χ1n) is 11.7. The number of primary amides is 1. The summed E-state index contributed by atoms with van der Waals surface area (Å²) in [4.78, 5) is 43.8. The van der Waals surface area contributed by atoms with Gasteiger partial charge in [-0.15, -0.1) is 0 Å². The van der Waals surface area contributed by atoms with Crippen molar-refractivity contribution in [1.29, 1.82) is 0 Å². The Morgan fingerprint density at radius 3 is 2.39 bits per heavy atom. The number of amides is 1. The van der Waals surface area contributed by atoms with Gasteiger partial charge < -0.3 is 5.73 Å². The average Bonchev–Trinajstić information content (AvgIpc) is 3.26. The lowest BCUT2D eigenvalue weighted by atomic mass is 10.0. The summed E-state index contributed by atoms with van der Waals surface area (Å²) in [6, 6.07) is 10.3. The molecule has 2 aromatic carbocycles. The van der Waals surface area contributed by atoms with Gasteiger partial charge in [-0.1, -0.05) is 23.2 Å². The molecule has 0 atom stereocenters. The first-order valence-corrected chi connectivity index (χ1v) is 14.0. The van der Waals surface area contributed by atoms with Crippen molar-refractivity contribution in [2.45, 2.75) is 25.9 Å². The number of hydrogen-bond donors (Lipinski definition) is 1. The Kier molecular flexibility index (Phi) is 7.26. The highest BCUT2D eigenvalue weighted by molar-refractivity contribution is 7.85. The summed E-state index contributed by atoms with van der Waals surface area (Å²) < 4.78 is 29.4. The maximum atomic E-state index is 13.9. The summed E-state index contributed by atoms with van der Waals surface area (Å²) in [6.45, 7) is -0.430. The van der Waals surface area contributed by atoms with Crippen molar-refractivity contribution in [3.05, 3.63) is 79.2 Å². The summed E-state index contributed by atoms with van der Waals surface area (Å²) in [7, 11) is -0.903. The van der Waals surface area contributed by atoms with Gasteiger partial charge in [-0.3, -0.25) is 22.9 Å². The van der Waals surface area contributed by atoms with E-state index in [2.05, 4.69) is 0 Å². The zero-order valence-electron chi connectivity index (χ0n) is 19.9. The molecule has 1 fully saturated rings. The highest BCUT2D eigenvalue weighted by Crippen LogP contribution is 2.33. The van der Waals surface area contributed by atoms with E-state index in [4.69, 9.17) is 33.9 Å². The van der Waals surface area contributed by atoms with Gasteiger partial charge in [0, 0.05) is 45.1 Å². The summed E-state index contributed by atoms with van der Waals surface area (Å²) in [5, 5.41) is 0.508. The van der Waals surface area contributed by atoms with Crippen LogP contribution in [0.25, 0.3) is 28.2 Å². The lowest BCUT2D eigenvalue weighted by Gasteiger charge is -2.22. The fourth-order valence-corrected chi connectivity index (χ4v) is 6.45. The second-order valence-corrected chi connectivity index (χ2v) is 11.6. The van der Waals surface area contributed by atoms with Gasteiger partial charge in [-0.05, 0) is 61.2 Å². The van der Waals surface area contributed by atoms with E-state index in [9.17, 15) is 23.0 Å². The second kappa shape index (κ2) is 10.5. The standard InChI is InChI=1S/C25H22Cl2FN5O4S/c26-15-1-4-17(5-2-15)33-21-23(30-22(33)18-6-3-16(28)11-19(18)27)31(12-14-7-9-38(37)10-8-14)25(36)32(24(21)35)13-20(29)34/h1-6,11,14H,7-10,12-13H2,(H2,29,34). The molecular formula is C25H22Cl2FN5O4S. The molecule has 2 N–H and O–H groups in total. The van der Waals surface area contributed by atoms with Crippen LogP contribution in [0.1, 0.15) is 12.8 Å². The molecule has 2 aromatic heterocycles. The third-order valence-corrected chi connectivity index (χ3v) is 8.49. The number of carbonyl (C=O) groups excluding carboxylic acids is 1. The molecule has 1 aliphatic rings. The van der Waals surface area contributed by atoms with Gasteiger partial charge in [0.25, 0.3) is 5.56 Å². The molecule has 0 saturated carbocycles. The van der Waals surface area contributed by atoms with E-state index in [0.717, 1.165) is 10.6 Å². The molecule has 1 amide bonds. The maximum absolute atomic E-state index is 13.9. The summed E-state index contributed by atoms with van der Waals surface area (Å²) in [5.41, 5.74) is 4.79. The number of halogens is 3. The molecular weight excluding hydrogens is 556 g/mol. The van der Waals surface area contributed by atoms with Crippen molar-refractivity contribution >= 4 is 51.1 Å². The minimum atomic E-state index is -0.903. The predicted molar refractivity (Wildman–Crippen MR) is 145 cm³/mol. The van der Waals surface area contributed by atoms with Gasteiger partial charge in [0.15, 0.2) is 11.2 Å². The molecule has 0 bridgehead atoms. The number of rotatable bonds is 6. The van der Waals surface area contributed by atoms with E-state index in [1.54, 1.807) is 24.3 Å². The Balaban J connectivity index is 1.86. The number of carbonyl (C=O) groups is 1. The van der Waals surface area contributed by atoms with Crippen molar-refractivity contribution in [2.75, 3.05) is 11.5 Å². The van der Waals surface area contributed by atoms with Crippen molar-refractivity contribution in [2.24, 2.45) is 11.7 Å². The number of fused-ring (bicyclic) bond motifs is 1. The molecule has 4 aromatic rings. The van der Waals surface area contributed by atoms with Crippen LogP contribution in [0.3, 0.4) is 0 Å². The van der Waals surface area contributed by atoms with E-state index < -0.39 is 40.3 Å². The van der Waals surface area contributed by atoms with Crippen LogP contribution in [-0.4, -0.2) is 40.3 Å². The van der Waals surface area contributed by atoms with E-state index in [0.29, 0.717) is 40.6 Å². The van der Waals surface area contributed by atoms with E-state index in [1.807, 2.05) is 0 Å². The fourth-order valence-electron chi connectivity index (χ4n) is 4.68. The predicted octanol–water partition coefficient (Wildman–Crippen LogP) is 3.11. The Morgan fingerprint density at radius 2 is 1.76 bits per heavy atom. The molecule has 1 saturated heterocycles. The molecule has 1 aliphatic heterocycles. The quantitative estimate of drug-likeness (QED) is 0.377. The van der Waals surface area contributed by atoms with Crippen LogP contribution in [0, 0.1) is 11.7 Å². The average molecular weight is 578 g/mol. The molecule has 5 rings (SSSR count). The van der Waals surface area contributed by atoms with Crippen LogP contribution in [0.2, 0.25) is 10.0 Å². The van der Waals surface area contributed by atoms with E-state index in [-0.39, 0.29) is 34.5 Å². The number of aromatic nitrogens is 4. The number of nitrogens with two attached hydrogens (primary N) is 1. The van der Waals surface area contributed by atoms with Crippen LogP contribution in [0.15, 0.2) is 52.1 Å². The fraction of sp³-hybridized carbons (Fsp3) is 0.280. The third kappa shape index (κ3) is 4.93. The normalized spacial score (nSPS) is 17.7. The van der Waals surface area contributed by atoms with Gasteiger partial charge in [-0.25, -0.2) is 18.7 Å². The minimum Gasteiger partial charge on any atom is -0.368 e. The lowest BCUT2D eigenvalue weighted by Crippen LogP contribution is -2.44. The highest BCUT2D eigenvalue weighted by Gasteiger charge is 2.27. The Morgan fingerprint density at radius 1 is 1.08 bits per heavy atom. The molecule has 9 nitrogen and oxygen atoms in total. The number of hydrogen-bond acceptors (Lipinski definition) is 5. The highest BCUT2D eigenvalue weighted by atomic mass is 35.5. The summed E-state index contributed by atoms with van der Waals surface area (Å²) in [6.07, 6.45) is 1.26. The summed E-state index contributed by atoms with van der Waals surface area (Å²) in [5.74, 6) is -0.185. The minimum absolute atomic E-state index is 0.00618. The number of benzene rings is 2. The van der Waals surface area contributed by atoms with Crippen LogP contribution in [-0.2, 0) is 28.7 Å². The first kappa shape index (κ1) is 26.3. The van der Waals surface area contributed by atoms with Gasteiger partial charge in [-0.2, -0.15) is 0 Å². The molecule has 38 heavy (non-hydrogen) atoms. The van der Waals surface area contributed by atoms with Crippen molar-refractivity contribution in [3.8, 4) is 17.1 Å². The van der Waals surface area contributed by atoms with Gasteiger partial charge in [0.1, 0.15) is 18.2 Å². The lowest BCUT2D eigenvalue weighted by molar-refractivity contribution is -0.118. The maximum Gasteiger partial charge on any atom is 0.333 e. The monoisotopic (exact) mass is 577 g/mol. The van der Waals surface area contributed by atoms with Crippen LogP contribution >= 0.6 is 23.2 Å². The Hall–Kier alpha value is -3.28. The molecule has 3 heterocycles. The zero-order chi connectivity index (χ0) is 27.1. The number of imidazole rings is 1. The van der Waals surface area contributed by atoms with Crippen LogP contribution in [0.4, 0.5) is 4.39 Å². The molecule has 0 unspecified atom stereocenters. The molecule has 13 heteroatoms. The topological polar surface area (TPSA) is 122 Å². The van der Waals surface area contributed by atoms with Crippen molar-refractivity contribution in [1.82, 2.24) is 18.7 Å². The van der Waals surface area contributed by atoms with E-state index >= 15 is 0 Å². The van der Waals surface area contributed by atoms with E-state index in [1.165, 1.54) is 21.3 Å². The summed E-state index contributed by atoms with van der Waals surface area (Å²) >= 11 is 12.5. The van der Waals surface area contributed by atoms with Gasteiger partial charge in [0.05, 0.1) is 5.02 Å². The number of nitrogens with zero attached hydrogens (tertiary/aromatic N) is 4. The Bertz CT molecular complexity index is 1700. The molecule has 0 radical (unpaired) electrons. The molecule has 198 valence electrons. The van der Waals surface area contributed by atoms with Gasteiger partial charge >= 0.3 is 5.69 Å². The Labute approximate surface area is 228 Å². The van der Waals surface area contributed by atoms with Crippen LogP contribution in [0.5, 0.6) is 0 Å². The van der Waals surface area contributed by atoms with Crippen LogP contribution < -0.4 is 17.0 Å². The van der Waals surface area contributed by atoms with Crippen molar-refractivity contribution < 1.29 is 13.4 Å². The SMILES string of the molecule is NC(=O)Cn1c(=O)c2c(nc(-c3ccc(F)cc3Cl)n2-c2ccc(Cl)cc2)n(CC2CCS(=O)CC2)c1=O. The van der Waals surface area contributed by atoms with Crippen molar-refractivity contribution in [3.63, 3.8) is 0 Å². The second-order valence-electron chi connectivity index (χ2n) is 9.09. The zero-order valence-corrected chi connectivity index (χ0v) is 22.2. The third-order valence-electron chi connectivity index (χ3n) is 6.54. The largest absolute Gasteiger partial charge is 0.368 e. The molecule has 0 spiro atoms. The molecule has 0 aliphatic carbocycles. The van der Waals surface area contributed by atoms with Gasteiger partial charge in [0.2, 0.25) is 5.91 Å².